The van der Waals surface area contributed by atoms with Crippen LogP contribution in [-0.2, 0) is 4.74 Å². The van der Waals surface area contributed by atoms with Crippen LogP contribution in [0.25, 0.3) is 27.9 Å². The molecule has 1 N–H and O–H groups in total. The molecule has 0 saturated carbocycles. The summed E-state index contributed by atoms with van der Waals surface area (Å²) in [6, 6.07) is 17.6. The van der Waals surface area contributed by atoms with E-state index in [0.717, 1.165) is 0 Å². The molecule has 9 nitrogen and oxygen atoms in total. The highest BCUT2D eigenvalue weighted by Crippen LogP contribution is 2.34. The van der Waals surface area contributed by atoms with Crippen LogP contribution in [0.1, 0.15) is 27.8 Å². The number of amides is 1. The number of benzene rings is 2. The van der Waals surface area contributed by atoms with Crippen molar-refractivity contribution in [2.75, 3.05) is 19.0 Å². The first-order chi connectivity index (χ1) is 17.0. The predicted molar refractivity (Wildman–Crippen MR) is 133 cm³/mol. The molecule has 0 atom stereocenters. The number of ether oxygens (including phenoxy) is 2. The Morgan fingerprint density at radius 3 is 2.37 bits per heavy atom. The molecule has 0 unspecified atom stereocenters. The molecule has 10 heteroatoms. The zero-order valence-corrected chi connectivity index (χ0v) is 20.3. The van der Waals surface area contributed by atoms with Gasteiger partial charge in [-0.3, -0.25) is 9.36 Å². The van der Waals surface area contributed by atoms with Crippen molar-refractivity contribution in [3.8, 4) is 11.4 Å². The SMILES string of the molecule is CCOC(=O)c1c(NC(=O)c2ccc(Br)o2)n(-c2ccc(OC)cc2)c2nc3ccccc3nc12. The third kappa shape index (κ3) is 4.12. The second kappa shape index (κ2) is 9.22. The number of furan rings is 1. The lowest BCUT2D eigenvalue weighted by Crippen LogP contribution is -2.17. The topological polar surface area (TPSA) is 108 Å². The van der Waals surface area contributed by atoms with Crippen molar-refractivity contribution in [3.05, 3.63) is 76.7 Å². The maximum absolute atomic E-state index is 13.2. The fraction of sp³-hybridized carbons (Fsp3) is 0.120. The van der Waals surface area contributed by atoms with Gasteiger partial charge in [-0.1, -0.05) is 12.1 Å². The Kier molecular flexibility index (Phi) is 5.96. The fourth-order valence-electron chi connectivity index (χ4n) is 3.75. The van der Waals surface area contributed by atoms with Gasteiger partial charge in [0.15, 0.2) is 16.1 Å². The van der Waals surface area contributed by atoms with Crippen LogP contribution in [0.4, 0.5) is 5.82 Å². The summed E-state index contributed by atoms with van der Waals surface area (Å²) in [6.45, 7) is 1.85. The molecule has 3 aromatic heterocycles. The largest absolute Gasteiger partial charge is 0.497 e. The molecule has 0 aliphatic carbocycles. The second-order valence-corrected chi connectivity index (χ2v) is 8.20. The molecule has 3 heterocycles. The Balaban J connectivity index is 1.81. The Morgan fingerprint density at radius 2 is 1.74 bits per heavy atom. The number of aromatic nitrogens is 3. The summed E-state index contributed by atoms with van der Waals surface area (Å²) >= 11 is 3.20. The van der Waals surface area contributed by atoms with Gasteiger partial charge in [-0.15, -0.1) is 0 Å². The van der Waals surface area contributed by atoms with E-state index in [-0.39, 0.29) is 23.7 Å². The van der Waals surface area contributed by atoms with E-state index < -0.39 is 11.9 Å². The Morgan fingerprint density at radius 1 is 1.03 bits per heavy atom. The van der Waals surface area contributed by atoms with Crippen molar-refractivity contribution >= 4 is 55.8 Å². The van der Waals surface area contributed by atoms with Crippen LogP contribution in [0.2, 0.25) is 0 Å². The Labute approximate surface area is 207 Å². The minimum atomic E-state index is -0.634. The summed E-state index contributed by atoms with van der Waals surface area (Å²) in [5.74, 6) is -0.312. The van der Waals surface area contributed by atoms with Gasteiger partial charge in [0.2, 0.25) is 0 Å². The number of rotatable bonds is 6. The smallest absolute Gasteiger partial charge is 0.344 e. The molecule has 0 radical (unpaired) electrons. The quantitative estimate of drug-likeness (QED) is 0.292. The van der Waals surface area contributed by atoms with Gasteiger partial charge in [0, 0.05) is 5.69 Å². The normalized spacial score (nSPS) is 11.1. The predicted octanol–water partition coefficient (Wildman–Crippen LogP) is 5.37. The van der Waals surface area contributed by atoms with Gasteiger partial charge >= 0.3 is 5.97 Å². The molecule has 0 spiro atoms. The number of fused-ring (bicyclic) bond motifs is 2. The first-order valence-corrected chi connectivity index (χ1v) is 11.5. The summed E-state index contributed by atoms with van der Waals surface area (Å²) < 4.78 is 18.1. The number of para-hydroxylation sites is 2. The summed E-state index contributed by atoms with van der Waals surface area (Å²) in [5, 5.41) is 2.82. The molecule has 35 heavy (non-hydrogen) atoms. The number of methoxy groups -OCH3 is 1. The minimum Gasteiger partial charge on any atom is -0.497 e. The second-order valence-electron chi connectivity index (χ2n) is 7.42. The van der Waals surface area contributed by atoms with Crippen molar-refractivity contribution in [3.63, 3.8) is 0 Å². The Bertz CT molecular complexity index is 1570. The van der Waals surface area contributed by atoms with E-state index in [0.29, 0.717) is 38.3 Å². The number of hydrogen-bond donors (Lipinski definition) is 1. The van der Waals surface area contributed by atoms with E-state index in [2.05, 4.69) is 21.2 Å². The number of carbonyl (C=O) groups excluding carboxylic acids is 2. The zero-order valence-electron chi connectivity index (χ0n) is 18.7. The van der Waals surface area contributed by atoms with Gasteiger partial charge in [-0.2, -0.15) is 0 Å². The van der Waals surface area contributed by atoms with Gasteiger partial charge < -0.3 is 19.2 Å². The molecule has 5 rings (SSSR count). The number of carbonyl (C=O) groups is 2. The molecule has 5 aromatic rings. The highest BCUT2D eigenvalue weighted by molar-refractivity contribution is 9.10. The molecule has 0 aliphatic rings. The lowest BCUT2D eigenvalue weighted by molar-refractivity contribution is 0.0529. The van der Waals surface area contributed by atoms with Gasteiger partial charge in [-0.25, -0.2) is 14.8 Å². The maximum atomic E-state index is 13.2. The van der Waals surface area contributed by atoms with Crippen LogP contribution in [0.3, 0.4) is 0 Å². The van der Waals surface area contributed by atoms with Crippen LogP contribution < -0.4 is 10.1 Å². The number of anilines is 1. The highest BCUT2D eigenvalue weighted by atomic mass is 79.9. The fourth-order valence-corrected chi connectivity index (χ4v) is 4.05. The van der Waals surface area contributed by atoms with Gasteiger partial charge in [0.1, 0.15) is 22.6 Å². The Hall–Kier alpha value is -4.18. The van der Waals surface area contributed by atoms with Crippen molar-refractivity contribution < 1.29 is 23.5 Å². The van der Waals surface area contributed by atoms with E-state index >= 15 is 0 Å². The number of esters is 1. The lowest BCUT2D eigenvalue weighted by Gasteiger charge is -2.13. The standard InChI is InChI=1S/C25H19BrN4O5/c1-3-34-25(32)20-21-23(28-17-7-5-4-6-16(17)27-21)30(14-8-10-15(33-2)11-9-14)22(20)29-24(31)18-12-13-19(26)35-18/h4-13H,3H2,1-2H3,(H,29,31). The summed E-state index contributed by atoms with van der Waals surface area (Å²) in [7, 11) is 1.57. The molecule has 0 fully saturated rings. The van der Waals surface area contributed by atoms with Gasteiger partial charge in [0.25, 0.3) is 5.91 Å². The lowest BCUT2D eigenvalue weighted by atomic mass is 10.2. The van der Waals surface area contributed by atoms with Crippen LogP contribution in [0.15, 0.2) is 69.8 Å². The third-order valence-corrected chi connectivity index (χ3v) is 5.73. The number of halogens is 1. The molecule has 2 aromatic carbocycles. The average Bonchev–Trinajstić information content (AvgIpc) is 3.43. The molecular formula is C25H19BrN4O5. The summed E-state index contributed by atoms with van der Waals surface area (Å²) in [5.41, 5.74) is 2.64. The molecule has 176 valence electrons. The maximum Gasteiger partial charge on any atom is 0.344 e. The molecular weight excluding hydrogens is 516 g/mol. The summed E-state index contributed by atoms with van der Waals surface area (Å²) in [4.78, 5) is 35.8. The molecule has 0 aliphatic heterocycles. The van der Waals surface area contributed by atoms with Gasteiger partial charge in [0.05, 0.1) is 24.8 Å². The van der Waals surface area contributed by atoms with E-state index in [9.17, 15) is 9.59 Å². The molecule has 1 amide bonds. The van der Waals surface area contributed by atoms with Crippen molar-refractivity contribution in [2.45, 2.75) is 6.92 Å². The molecule has 0 bridgehead atoms. The zero-order chi connectivity index (χ0) is 24.5. The van der Waals surface area contributed by atoms with Crippen LogP contribution >= 0.6 is 15.9 Å². The first-order valence-electron chi connectivity index (χ1n) is 10.7. The summed E-state index contributed by atoms with van der Waals surface area (Å²) in [6.07, 6.45) is 0. The number of nitrogens with one attached hydrogen (secondary N) is 1. The van der Waals surface area contributed by atoms with E-state index in [4.69, 9.17) is 23.9 Å². The average molecular weight is 535 g/mol. The van der Waals surface area contributed by atoms with Gasteiger partial charge in [-0.05, 0) is 71.4 Å². The highest BCUT2D eigenvalue weighted by Gasteiger charge is 2.29. The van der Waals surface area contributed by atoms with E-state index in [1.54, 1.807) is 55.0 Å². The first kappa shape index (κ1) is 22.6. The van der Waals surface area contributed by atoms with Crippen molar-refractivity contribution in [2.24, 2.45) is 0 Å². The van der Waals surface area contributed by atoms with Crippen molar-refractivity contribution in [1.82, 2.24) is 14.5 Å². The van der Waals surface area contributed by atoms with Crippen LogP contribution in [-0.4, -0.2) is 40.1 Å². The van der Waals surface area contributed by atoms with Crippen LogP contribution in [0, 0.1) is 0 Å². The minimum absolute atomic E-state index is 0.0595. The molecule has 0 saturated heterocycles. The number of nitrogens with zero attached hydrogens (tertiary/aromatic N) is 3. The van der Waals surface area contributed by atoms with Crippen molar-refractivity contribution in [1.29, 1.82) is 0 Å². The van der Waals surface area contributed by atoms with E-state index in [1.165, 1.54) is 6.07 Å². The van der Waals surface area contributed by atoms with E-state index in [1.807, 2.05) is 18.2 Å². The van der Waals surface area contributed by atoms with Crippen LogP contribution in [0.5, 0.6) is 5.75 Å². The number of hydrogen-bond acceptors (Lipinski definition) is 7. The monoisotopic (exact) mass is 534 g/mol. The third-order valence-electron chi connectivity index (χ3n) is 5.30.